The summed E-state index contributed by atoms with van der Waals surface area (Å²) in [7, 11) is -3.15. The van der Waals surface area contributed by atoms with E-state index >= 15 is 0 Å². The van der Waals surface area contributed by atoms with Crippen molar-refractivity contribution in [2.75, 3.05) is 39.3 Å². The van der Waals surface area contributed by atoms with Crippen molar-refractivity contribution < 1.29 is 27.6 Å². The third-order valence-corrected chi connectivity index (χ3v) is 10.6. The first kappa shape index (κ1) is 31.9. The van der Waals surface area contributed by atoms with Gasteiger partial charge in [-0.3, -0.25) is 19.2 Å². The number of hydrogen-bond acceptors (Lipinski definition) is 7. The van der Waals surface area contributed by atoms with Crippen LogP contribution in [0.1, 0.15) is 51.5 Å². The molecule has 0 unspecified atom stereocenters. The summed E-state index contributed by atoms with van der Waals surface area (Å²) in [5, 5.41) is 7.64. The molecule has 2 saturated heterocycles. The first-order valence-electron chi connectivity index (χ1n) is 14.8. The smallest absolute Gasteiger partial charge is 0.243 e. The van der Waals surface area contributed by atoms with Gasteiger partial charge in [0.25, 0.3) is 0 Å². The number of rotatable bonds is 13. The van der Waals surface area contributed by atoms with E-state index in [-0.39, 0.29) is 35.6 Å². The zero-order valence-electron chi connectivity index (χ0n) is 24.5. The molecule has 3 fully saturated rings. The molecular weight excluding hydrogens is 560 g/mol. The normalized spacial score (nSPS) is 20.0. The Morgan fingerprint density at radius 2 is 1.60 bits per heavy atom. The molecule has 2 atom stereocenters. The van der Waals surface area contributed by atoms with E-state index in [1.54, 1.807) is 9.21 Å². The van der Waals surface area contributed by atoms with Crippen molar-refractivity contribution in [2.45, 2.75) is 69.7 Å². The van der Waals surface area contributed by atoms with E-state index in [0.717, 1.165) is 31.2 Å². The summed E-state index contributed by atoms with van der Waals surface area (Å²) in [6.45, 7) is 5.42. The van der Waals surface area contributed by atoms with Crippen molar-refractivity contribution in [1.29, 1.82) is 0 Å². The highest BCUT2D eigenvalue weighted by atomic mass is 32.2. The molecule has 12 nitrogen and oxygen atoms in total. The summed E-state index contributed by atoms with van der Waals surface area (Å²) in [5.74, 6) is -1.58. The van der Waals surface area contributed by atoms with E-state index in [4.69, 9.17) is 5.73 Å². The Hall–Kier alpha value is -3.03. The Bertz CT molecular complexity index is 1240. The number of piperidine rings is 1. The van der Waals surface area contributed by atoms with Gasteiger partial charge in [0.1, 0.15) is 6.04 Å². The van der Waals surface area contributed by atoms with Gasteiger partial charge in [-0.05, 0) is 50.0 Å². The predicted octanol–water partition coefficient (Wildman–Crippen LogP) is -0.264. The van der Waals surface area contributed by atoms with Crippen LogP contribution in [0.15, 0.2) is 30.3 Å². The summed E-state index contributed by atoms with van der Waals surface area (Å²) in [6.07, 6.45) is 3.66. The number of nitrogens with two attached hydrogens (primary N) is 1. The summed E-state index contributed by atoms with van der Waals surface area (Å²) in [6, 6.07) is 7.65. The second-order valence-electron chi connectivity index (χ2n) is 12.4. The first-order chi connectivity index (χ1) is 19.9. The zero-order chi connectivity index (χ0) is 30.5. The molecule has 232 valence electrons. The lowest BCUT2D eigenvalue weighted by atomic mass is 9.73. The Balaban J connectivity index is 1.18. The highest BCUT2D eigenvalue weighted by Gasteiger charge is 2.53. The van der Waals surface area contributed by atoms with Crippen LogP contribution >= 0.6 is 0 Å². The number of sulfonamides is 1. The third kappa shape index (κ3) is 8.29. The highest BCUT2D eigenvalue weighted by Crippen LogP contribution is 2.44. The third-order valence-electron chi connectivity index (χ3n) is 8.34. The Morgan fingerprint density at radius 3 is 2.19 bits per heavy atom. The van der Waals surface area contributed by atoms with Crippen LogP contribution in [0.5, 0.6) is 0 Å². The number of hydrogen-bond donors (Lipinski definition) is 4. The SMILES string of the molecule is CC(C)C[C@@H](NC(=O)CNC(=O)[C@H](N)Cc1ccccc1)C(=O)NCC(=O)N1CCC2(CC1)CN(S(=O)(=O)C1CC1)C2. The molecule has 2 heterocycles. The van der Waals surface area contributed by atoms with Crippen LogP contribution < -0.4 is 21.7 Å². The fraction of sp³-hybridized carbons (Fsp3) is 0.655. The second-order valence-corrected chi connectivity index (χ2v) is 14.6. The molecule has 2 aliphatic heterocycles. The van der Waals surface area contributed by atoms with Gasteiger partial charge in [0.2, 0.25) is 33.7 Å². The summed E-state index contributed by atoms with van der Waals surface area (Å²) < 4.78 is 26.5. The fourth-order valence-corrected chi connectivity index (χ4v) is 7.67. The van der Waals surface area contributed by atoms with Gasteiger partial charge in [0.05, 0.1) is 24.4 Å². The van der Waals surface area contributed by atoms with Crippen molar-refractivity contribution in [3.63, 3.8) is 0 Å². The minimum atomic E-state index is -3.15. The Morgan fingerprint density at radius 1 is 0.976 bits per heavy atom. The van der Waals surface area contributed by atoms with Crippen molar-refractivity contribution in [3.05, 3.63) is 35.9 Å². The summed E-state index contributed by atoms with van der Waals surface area (Å²) in [4.78, 5) is 52.4. The molecule has 1 saturated carbocycles. The Labute approximate surface area is 248 Å². The fourth-order valence-electron chi connectivity index (χ4n) is 5.61. The van der Waals surface area contributed by atoms with Crippen LogP contribution in [0.25, 0.3) is 0 Å². The highest BCUT2D eigenvalue weighted by molar-refractivity contribution is 7.90. The zero-order valence-corrected chi connectivity index (χ0v) is 25.3. The number of amides is 4. The van der Waals surface area contributed by atoms with Crippen molar-refractivity contribution in [3.8, 4) is 0 Å². The van der Waals surface area contributed by atoms with E-state index in [0.29, 0.717) is 39.0 Å². The minimum Gasteiger partial charge on any atom is -0.346 e. The molecule has 1 aromatic carbocycles. The van der Waals surface area contributed by atoms with Gasteiger partial charge in [-0.15, -0.1) is 0 Å². The topological polar surface area (TPSA) is 171 Å². The first-order valence-corrected chi connectivity index (χ1v) is 16.3. The average Bonchev–Trinajstić information content (AvgIpc) is 3.79. The standard InChI is InChI=1S/C29H44N6O6S/c1-20(2)14-24(33-25(36)16-31-27(38)23(30)15-21-6-4-3-5-7-21)28(39)32-17-26(37)34-12-10-29(11-13-34)18-35(19-29)42(40,41)22-8-9-22/h3-7,20,22-24H,8-19,30H2,1-2H3,(H,31,38)(H,32,39)(H,33,36)/t23-,24-/m1/s1. The van der Waals surface area contributed by atoms with Gasteiger partial charge < -0.3 is 26.6 Å². The molecule has 0 aromatic heterocycles. The molecule has 4 rings (SSSR count). The Kier molecular flexibility index (Phi) is 10.3. The molecule has 0 bridgehead atoms. The van der Waals surface area contributed by atoms with E-state index < -0.39 is 39.8 Å². The molecule has 13 heteroatoms. The van der Waals surface area contributed by atoms with Crippen LogP contribution in [-0.4, -0.2) is 97.9 Å². The van der Waals surface area contributed by atoms with Gasteiger partial charge in [-0.1, -0.05) is 44.2 Å². The lowest BCUT2D eigenvalue weighted by Gasteiger charge is -2.53. The van der Waals surface area contributed by atoms with Crippen molar-refractivity contribution in [1.82, 2.24) is 25.2 Å². The molecule has 0 radical (unpaired) electrons. The van der Waals surface area contributed by atoms with Crippen LogP contribution in [0.3, 0.4) is 0 Å². The van der Waals surface area contributed by atoms with Crippen molar-refractivity contribution >= 4 is 33.7 Å². The van der Waals surface area contributed by atoms with Crippen LogP contribution in [0.4, 0.5) is 0 Å². The van der Waals surface area contributed by atoms with E-state index in [1.165, 1.54) is 0 Å². The monoisotopic (exact) mass is 604 g/mol. The summed E-state index contributed by atoms with van der Waals surface area (Å²) in [5.41, 5.74) is 6.82. The summed E-state index contributed by atoms with van der Waals surface area (Å²) >= 11 is 0. The molecule has 3 aliphatic rings. The lowest BCUT2D eigenvalue weighted by Crippen LogP contribution is -2.63. The maximum atomic E-state index is 12.9. The quantitative estimate of drug-likeness (QED) is 0.240. The molecule has 1 aliphatic carbocycles. The van der Waals surface area contributed by atoms with Gasteiger partial charge in [0, 0.05) is 31.6 Å². The number of benzene rings is 1. The molecule has 1 spiro atoms. The molecule has 1 aromatic rings. The average molecular weight is 605 g/mol. The number of carbonyl (C=O) groups is 4. The number of likely N-dealkylation sites (tertiary alicyclic amines) is 1. The lowest BCUT2D eigenvalue weighted by molar-refractivity contribution is -0.137. The van der Waals surface area contributed by atoms with Gasteiger partial charge in [0.15, 0.2) is 0 Å². The largest absolute Gasteiger partial charge is 0.346 e. The van der Waals surface area contributed by atoms with Crippen molar-refractivity contribution in [2.24, 2.45) is 17.1 Å². The predicted molar refractivity (Wildman–Crippen MR) is 157 cm³/mol. The maximum absolute atomic E-state index is 12.9. The second kappa shape index (κ2) is 13.5. The maximum Gasteiger partial charge on any atom is 0.243 e. The molecule has 5 N–H and O–H groups in total. The molecular formula is C29H44N6O6S. The number of nitrogens with one attached hydrogen (secondary N) is 3. The minimum absolute atomic E-state index is 0.0600. The van der Waals surface area contributed by atoms with E-state index in [2.05, 4.69) is 16.0 Å². The number of carbonyl (C=O) groups excluding carboxylic acids is 4. The van der Waals surface area contributed by atoms with Gasteiger partial charge in [-0.2, -0.15) is 0 Å². The van der Waals surface area contributed by atoms with Crippen LogP contribution in [0, 0.1) is 11.3 Å². The van der Waals surface area contributed by atoms with Gasteiger partial charge >= 0.3 is 0 Å². The van der Waals surface area contributed by atoms with Gasteiger partial charge in [-0.25, -0.2) is 12.7 Å². The molecule has 42 heavy (non-hydrogen) atoms. The number of nitrogens with zero attached hydrogens (tertiary/aromatic N) is 2. The van der Waals surface area contributed by atoms with E-state index in [1.807, 2.05) is 44.2 Å². The van der Waals surface area contributed by atoms with Crippen LogP contribution in [-0.2, 0) is 35.6 Å². The van der Waals surface area contributed by atoms with E-state index in [9.17, 15) is 27.6 Å². The molecule has 4 amide bonds. The van der Waals surface area contributed by atoms with Crippen LogP contribution in [0.2, 0.25) is 0 Å².